The van der Waals surface area contributed by atoms with E-state index in [1.165, 1.54) is 53.4 Å². The van der Waals surface area contributed by atoms with Crippen molar-refractivity contribution in [1.29, 1.82) is 0 Å². The van der Waals surface area contributed by atoms with Crippen LogP contribution in [0, 0.1) is 5.82 Å². The molecule has 0 heterocycles. The van der Waals surface area contributed by atoms with Crippen LogP contribution in [0.4, 0.5) is 10.1 Å². The molecule has 2 amide bonds. The third kappa shape index (κ3) is 8.43. The lowest BCUT2D eigenvalue weighted by Crippen LogP contribution is -2.54. The Bertz CT molecular complexity index is 1620. The number of hydrogen-bond donors (Lipinski definition) is 1. The van der Waals surface area contributed by atoms with Gasteiger partial charge in [0.25, 0.3) is 10.0 Å². The summed E-state index contributed by atoms with van der Waals surface area (Å²) < 4.78 is 42.6. The van der Waals surface area contributed by atoms with Crippen LogP contribution in [0.1, 0.15) is 25.0 Å². The van der Waals surface area contributed by atoms with E-state index in [2.05, 4.69) is 5.32 Å². The summed E-state index contributed by atoms with van der Waals surface area (Å²) in [6.07, 6.45) is 0.179. The first-order chi connectivity index (χ1) is 20.5. The second-order valence-corrected chi connectivity index (χ2v) is 12.6. The summed E-state index contributed by atoms with van der Waals surface area (Å²) in [7, 11) is -4.21. The Labute approximate surface area is 257 Å². The minimum absolute atomic E-state index is 0.00113. The molecule has 0 radical (unpaired) electrons. The Balaban J connectivity index is 1.79. The predicted octanol–water partition coefficient (Wildman–Crippen LogP) is 5.84. The monoisotopic (exact) mass is 621 g/mol. The number of carbonyl (C=O) groups is 2. The van der Waals surface area contributed by atoms with Crippen molar-refractivity contribution in [2.24, 2.45) is 0 Å². The van der Waals surface area contributed by atoms with Gasteiger partial charge in [-0.1, -0.05) is 72.3 Å². The van der Waals surface area contributed by atoms with Crippen molar-refractivity contribution in [1.82, 2.24) is 10.2 Å². The van der Waals surface area contributed by atoms with E-state index in [1.807, 2.05) is 44.2 Å². The molecule has 1 atom stereocenters. The second kappa shape index (κ2) is 14.3. The summed E-state index contributed by atoms with van der Waals surface area (Å²) in [5.41, 5.74) is 1.62. The Hall–Kier alpha value is -4.21. The van der Waals surface area contributed by atoms with E-state index in [0.717, 1.165) is 9.87 Å². The van der Waals surface area contributed by atoms with Gasteiger partial charge in [0.2, 0.25) is 11.8 Å². The number of amides is 2. The van der Waals surface area contributed by atoms with E-state index in [4.69, 9.17) is 11.6 Å². The molecule has 0 unspecified atom stereocenters. The van der Waals surface area contributed by atoms with Gasteiger partial charge in [0.15, 0.2) is 0 Å². The molecule has 0 aliphatic carbocycles. The number of halogens is 2. The van der Waals surface area contributed by atoms with Crippen molar-refractivity contribution in [3.63, 3.8) is 0 Å². The zero-order valence-electron chi connectivity index (χ0n) is 23.9. The summed E-state index contributed by atoms with van der Waals surface area (Å²) >= 11 is 6.09. The number of sulfonamides is 1. The standard InChI is InChI=1S/C33H33ClFN3O4S/c1-24(2)36-33(40)31(21-25-9-5-3-6-10-25)37(22-26-13-17-28(35)18-14-26)32(39)23-38(29-19-15-27(34)16-20-29)43(41,42)30-11-7-4-8-12-30/h3-20,24,31H,21-23H2,1-2H3,(H,36,40)/t31-/m1/s1. The lowest BCUT2D eigenvalue weighted by Gasteiger charge is -2.34. The maximum absolute atomic E-state index is 14.3. The number of nitrogens with zero attached hydrogens (tertiary/aromatic N) is 2. The maximum atomic E-state index is 14.3. The molecule has 224 valence electrons. The van der Waals surface area contributed by atoms with E-state index < -0.39 is 40.2 Å². The average Bonchev–Trinajstić information content (AvgIpc) is 2.99. The summed E-state index contributed by atoms with van der Waals surface area (Å²) in [4.78, 5) is 29.3. The van der Waals surface area contributed by atoms with Crippen LogP contribution >= 0.6 is 11.6 Å². The SMILES string of the molecule is CC(C)NC(=O)[C@@H](Cc1ccccc1)N(Cc1ccc(F)cc1)C(=O)CN(c1ccc(Cl)cc1)S(=O)(=O)c1ccccc1. The summed E-state index contributed by atoms with van der Waals surface area (Å²) in [6.45, 7) is 2.99. The third-order valence-electron chi connectivity index (χ3n) is 6.69. The third-order valence-corrected chi connectivity index (χ3v) is 8.73. The van der Waals surface area contributed by atoms with Gasteiger partial charge in [-0.15, -0.1) is 0 Å². The molecule has 4 aromatic carbocycles. The highest BCUT2D eigenvalue weighted by Crippen LogP contribution is 2.26. The van der Waals surface area contributed by atoms with Gasteiger partial charge in [0.05, 0.1) is 10.6 Å². The van der Waals surface area contributed by atoms with Gasteiger partial charge in [-0.3, -0.25) is 13.9 Å². The Morgan fingerprint density at radius 2 is 1.40 bits per heavy atom. The topological polar surface area (TPSA) is 86.8 Å². The molecule has 7 nitrogen and oxygen atoms in total. The molecule has 0 aliphatic rings. The minimum Gasteiger partial charge on any atom is -0.352 e. The van der Waals surface area contributed by atoms with Crippen molar-refractivity contribution in [3.8, 4) is 0 Å². The Kier molecular flexibility index (Phi) is 10.6. The van der Waals surface area contributed by atoms with Gasteiger partial charge in [-0.25, -0.2) is 12.8 Å². The molecular formula is C33H33ClFN3O4S. The van der Waals surface area contributed by atoms with Crippen LogP contribution in [-0.4, -0.2) is 43.8 Å². The van der Waals surface area contributed by atoms with Crippen molar-refractivity contribution in [2.45, 2.75) is 43.8 Å². The highest BCUT2D eigenvalue weighted by molar-refractivity contribution is 7.92. The van der Waals surface area contributed by atoms with Crippen molar-refractivity contribution >= 4 is 39.1 Å². The van der Waals surface area contributed by atoms with Crippen LogP contribution < -0.4 is 9.62 Å². The molecule has 0 spiro atoms. The lowest BCUT2D eigenvalue weighted by atomic mass is 10.0. The fourth-order valence-electron chi connectivity index (χ4n) is 4.58. The van der Waals surface area contributed by atoms with E-state index in [9.17, 15) is 22.4 Å². The van der Waals surface area contributed by atoms with E-state index in [1.54, 1.807) is 30.3 Å². The number of rotatable bonds is 12. The van der Waals surface area contributed by atoms with Gasteiger partial charge in [-0.05, 0) is 73.5 Å². The molecule has 1 N–H and O–H groups in total. The van der Waals surface area contributed by atoms with Gasteiger partial charge >= 0.3 is 0 Å². The predicted molar refractivity (Wildman–Crippen MR) is 167 cm³/mol. The number of nitrogens with one attached hydrogen (secondary N) is 1. The number of hydrogen-bond acceptors (Lipinski definition) is 4. The first-order valence-electron chi connectivity index (χ1n) is 13.8. The molecular weight excluding hydrogens is 589 g/mol. The number of anilines is 1. The van der Waals surface area contributed by atoms with Crippen LogP contribution in [0.3, 0.4) is 0 Å². The minimum atomic E-state index is -4.21. The van der Waals surface area contributed by atoms with Gasteiger partial charge in [0.1, 0.15) is 18.4 Å². The maximum Gasteiger partial charge on any atom is 0.264 e. The Morgan fingerprint density at radius 3 is 1.98 bits per heavy atom. The van der Waals surface area contributed by atoms with Crippen LogP contribution in [-0.2, 0) is 32.6 Å². The largest absolute Gasteiger partial charge is 0.352 e. The normalized spacial score (nSPS) is 12.0. The molecule has 0 saturated carbocycles. The zero-order chi connectivity index (χ0) is 31.0. The molecule has 4 aromatic rings. The first-order valence-corrected chi connectivity index (χ1v) is 15.6. The molecule has 43 heavy (non-hydrogen) atoms. The van der Waals surface area contributed by atoms with Crippen molar-refractivity contribution in [2.75, 3.05) is 10.8 Å². The van der Waals surface area contributed by atoms with Crippen LogP contribution in [0.25, 0.3) is 0 Å². The smallest absolute Gasteiger partial charge is 0.264 e. The van der Waals surface area contributed by atoms with E-state index >= 15 is 0 Å². The van der Waals surface area contributed by atoms with Crippen molar-refractivity contribution in [3.05, 3.63) is 131 Å². The van der Waals surface area contributed by atoms with Crippen LogP contribution in [0.15, 0.2) is 114 Å². The molecule has 0 fully saturated rings. The summed E-state index contributed by atoms with van der Waals surface area (Å²) in [5, 5.41) is 3.30. The highest BCUT2D eigenvalue weighted by atomic mass is 35.5. The lowest BCUT2D eigenvalue weighted by molar-refractivity contribution is -0.140. The molecule has 0 aromatic heterocycles. The fourth-order valence-corrected chi connectivity index (χ4v) is 6.14. The first kappa shape index (κ1) is 31.7. The van der Waals surface area contributed by atoms with Gasteiger partial charge in [0, 0.05) is 24.0 Å². The molecule has 0 saturated heterocycles. The van der Waals surface area contributed by atoms with Gasteiger partial charge < -0.3 is 10.2 Å². The van der Waals surface area contributed by atoms with Crippen LogP contribution in [0.2, 0.25) is 5.02 Å². The fraction of sp³-hybridized carbons (Fsp3) is 0.212. The summed E-state index contributed by atoms with van der Waals surface area (Å²) in [6, 6.07) is 27.6. The molecule has 4 rings (SSSR count). The second-order valence-electron chi connectivity index (χ2n) is 10.3. The quantitative estimate of drug-likeness (QED) is 0.215. The van der Waals surface area contributed by atoms with Gasteiger partial charge in [-0.2, -0.15) is 0 Å². The molecule has 10 heteroatoms. The number of benzene rings is 4. The Morgan fingerprint density at radius 1 is 0.814 bits per heavy atom. The molecule has 0 bridgehead atoms. The zero-order valence-corrected chi connectivity index (χ0v) is 25.4. The summed E-state index contributed by atoms with van der Waals surface area (Å²) in [5.74, 6) is -1.44. The molecule has 0 aliphatic heterocycles. The van der Waals surface area contributed by atoms with E-state index in [-0.39, 0.29) is 29.6 Å². The van der Waals surface area contributed by atoms with Crippen molar-refractivity contribution < 1.29 is 22.4 Å². The highest BCUT2D eigenvalue weighted by Gasteiger charge is 2.34. The van der Waals surface area contributed by atoms with E-state index in [0.29, 0.717) is 10.6 Å². The average molecular weight is 622 g/mol. The van der Waals surface area contributed by atoms with Crippen LogP contribution in [0.5, 0.6) is 0 Å². The number of carbonyl (C=O) groups excluding carboxylic acids is 2.